The molecule has 0 atom stereocenters. The molecule has 0 radical (unpaired) electrons. The summed E-state index contributed by atoms with van der Waals surface area (Å²) in [6, 6.07) is 9.03. The van der Waals surface area contributed by atoms with E-state index in [4.69, 9.17) is 10.5 Å². The predicted octanol–water partition coefficient (Wildman–Crippen LogP) is 3.84. The highest BCUT2D eigenvalue weighted by Crippen LogP contribution is 2.38. The van der Waals surface area contributed by atoms with Crippen LogP contribution in [-0.4, -0.2) is 54.8 Å². The number of fused-ring (bicyclic) bond motifs is 2. The fraction of sp³-hybridized carbons (Fsp3) is 0.360. The number of piperidine rings is 1. The Morgan fingerprint density at radius 3 is 2.74 bits per heavy atom. The van der Waals surface area contributed by atoms with Crippen molar-refractivity contribution in [2.45, 2.75) is 36.3 Å². The molecule has 0 spiro atoms. The minimum atomic E-state index is -3.57. The molecule has 35 heavy (non-hydrogen) atoms. The van der Waals surface area contributed by atoms with Gasteiger partial charge in [-0.1, -0.05) is 18.0 Å². The van der Waals surface area contributed by atoms with E-state index < -0.39 is 21.0 Å². The van der Waals surface area contributed by atoms with E-state index in [1.54, 1.807) is 24.1 Å². The molecule has 0 unspecified atom stereocenters. The topological polar surface area (TPSA) is 115 Å². The van der Waals surface area contributed by atoms with Gasteiger partial charge in [-0.05, 0) is 55.9 Å². The van der Waals surface area contributed by atoms with Gasteiger partial charge in [0.25, 0.3) is 5.91 Å². The van der Waals surface area contributed by atoms with Crippen LogP contribution in [0.15, 0.2) is 41.4 Å². The van der Waals surface area contributed by atoms with Crippen molar-refractivity contribution in [1.82, 2.24) is 9.29 Å². The molecule has 1 fully saturated rings. The fourth-order valence-corrected chi connectivity index (χ4v) is 7.34. The van der Waals surface area contributed by atoms with Crippen LogP contribution in [0.25, 0.3) is 10.9 Å². The Kier molecular flexibility index (Phi) is 6.37. The van der Waals surface area contributed by atoms with Gasteiger partial charge in [-0.25, -0.2) is 8.42 Å². The maximum Gasteiger partial charge on any atom is 0.252 e. The Labute approximate surface area is 209 Å². The number of carbonyl (C=O) groups excluding carboxylic acids is 1. The number of hydrogen-bond acceptors (Lipinski definition) is 8. The van der Waals surface area contributed by atoms with Crippen LogP contribution in [0.4, 0.5) is 11.4 Å². The first-order chi connectivity index (χ1) is 16.8. The van der Waals surface area contributed by atoms with Crippen molar-refractivity contribution in [3.05, 3.63) is 53.2 Å². The van der Waals surface area contributed by atoms with E-state index in [-0.39, 0.29) is 10.5 Å². The molecule has 0 saturated carbocycles. The summed E-state index contributed by atoms with van der Waals surface area (Å²) in [5, 5.41) is 3.48. The molecule has 3 N–H and O–H groups in total. The third-order valence-electron chi connectivity index (χ3n) is 6.83. The molecule has 0 bridgehead atoms. The molecular formula is C25H28N4O4S2. The summed E-state index contributed by atoms with van der Waals surface area (Å²) in [5.74, 6) is 0.158. The first-order valence-electron chi connectivity index (χ1n) is 11.6. The summed E-state index contributed by atoms with van der Waals surface area (Å²) in [6.45, 7) is 3.90. The fourth-order valence-electron chi connectivity index (χ4n) is 4.92. The first kappa shape index (κ1) is 23.9. The van der Waals surface area contributed by atoms with Gasteiger partial charge in [-0.15, -0.1) is 0 Å². The van der Waals surface area contributed by atoms with Crippen LogP contribution in [0, 0.1) is 6.92 Å². The first-order valence-corrected chi connectivity index (χ1v) is 14.3. The zero-order valence-electron chi connectivity index (χ0n) is 19.7. The van der Waals surface area contributed by atoms with Crippen LogP contribution >= 0.6 is 11.9 Å². The Morgan fingerprint density at radius 1 is 1.26 bits per heavy atom. The minimum Gasteiger partial charge on any atom is -0.493 e. The van der Waals surface area contributed by atoms with Gasteiger partial charge < -0.3 is 15.8 Å². The average Bonchev–Trinajstić information content (AvgIpc) is 3.34. The van der Waals surface area contributed by atoms with Gasteiger partial charge in [0.2, 0.25) is 0 Å². The lowest BCUT2D eigenvalue weighted by molar-refractivity contribution is 0.100. The number of anilines is 2. The van der Waals surface area contributed by atoms with Gasteiger partial charge in [-0.2, -0.15) is 0 Å². The highest BCUT2D eigenvalue weighted by Gasteiger charge is 2.32. The number of sulfone groups is 1. The molecule has 5 rings (SSSR count). The van der Waals surface area contributed by atoms with Crippen molar-refractivity contribution in [1.29, 1.82) is 0 Å². The molecule has 0 aliphatic carbocycles. The number of hydrogen-bond donors (Lipinski definition) is 2. The highest BCUT2D eigenvalue weighted by molar-refractivity contribution is 7.96. The molecule has 3 heterocycles. The van der Waals surface area contributed by atoms with E-state index in [1.165, 1.54) is 6.20 Å². The van der Waals surface area contributed by atoms with Gasteiger partial charge in [0.05, 0.1) is 33.5 Å². The highest BCUT2D eigenvalue weighted by atomic mass is 32.2. The second-order valence-electron chi connectivity index (χ2n) is 8.91. The smallest absolute Gasteiger partial charge is 0.252 e. The Hall–Kier alpha value is -2.82. The van der Waals surface area contributed by atoms with E-state index in [1.807, 2.05) is 31.4 Å². The monoisotopic (exact) mass is 512 g/mol. The summed E-state index contributed by atoms with van der Waals surface area (Å²) < 4.78 is 35.2. The quantitative estimate of drug-likeness (QED) is 0.479. The number of primary amides is 1. The van der Waals surface area contributed by atoms with Crippen molar-refractivity contribution < 1.29 is 17.9 Å². The molecule has 2 aromatic carbocycles. The van der Waals surface area contributed by atoms with Crippen LogP contribution in [0.2, 0.25) is 0 Å². The van der Waals surface area contributed by atoms with E-state index in [0.29, 0.717) is 36.0 Å². The number of pyridine rings is 1. The number of aryl methyl sites for hydroxylation is 1. The van der Waals surface area contributed by atoms with Gasteiger partial charge in [0.15, 0.2) is 9.84 Å². The number of rotatable bonds is 6. The molecule has 2 aliphatic rings. The Balaban J connectivity index is 1.63. The lowest BCUT2D eigenvalue weighted by Gasteiger charge is -2.30. The SMILES string of the molecule is CSN1CCC(S(=O)(=O)c2cc(C)c3ncc(C(N)=O)c(Nc4cccc5c4CCO5)c3c2)CC1. The van der Waals surface area contributed by atoms with Gasteiger partial charge in [0, 0.05) is 42.3 Å². The summed E-state index contributed by atoms with van der Waals surface area (Å²) >= 11 is 1.64. The molecule has 10 heteroatoms. The number of carbonyl (C=O) groups is 1. The molecule has 3 aromatic rings. The van der Waals surface area contributed by atoms with E-state index in [2.05, 4.69) is 14.6 Å². The van der Waals surface area contributed by atoms with Crippen LogP contribution in [-0.2, 0) is 16.3 Å². The van der Waals surface area contributed by atoms with Crippen molar-refractivity contribution in [2.24, 2.45) is 5.73 Å². The Morgan fingerprint density at radius 2 is 2.03 bits per heavy atom. The van der Waals surface area contributed by atoms with E-state index in [0.717, 1.165) is 42.1 Å². The van der Waals surface area contributed by atoms with Gasteiger partial charge in [0.1, 0.15) is 5.75 Å². The number of nitrogens with two attached hydrogens (primary N) is 1. The van der Waals surface area contributed by atoms with Crippen molar-refractivity contribution >= 4 is 50.0 Å². The molecule has 2 aliphatic heterocycles. The predicted molar refractivity (Wildman–Crippen MR) is 139 cm³/mol. The molecule has 184 valence electrons. The van der Waals surface area contributed by atoms with Crippen LogP contribution < -0.4 is 15.8 Å². The zero-order valence-corrected chi connectivity index (χ0v) is 21.3. The number of ether oxygens (including phenoxy) is 1. The third-order valence-corrected chi connectivity index (χ3v) is 9.95. The second-order valence-corrected chi connectivity index (χ2v) is 12.0. The summed E-state index contributed by atoms with van der Waals surface area (Å²) in [6.07, 6.45) is 5.36. The van der Waals surface area contributed by atoms with Crippen LogP contribution in [0.3, 0.4) is 0 Å². The number of amides is 1. The minimum absolute atomic E-state index is 0.205. The van der Waals surface area contributed by atoms with Crippen molar-refractivity contribution in [3.8, 4) is 5.75 Å². The van der Waals surface area contributed by atoms with Gasteiger partial charge >= 0.3 is 0 Å². The normalized spacial score (nSPS) is 16.7. The average molecular weight is 513 g/mol. The maximum absolute atomic E-state index is 13.6. The molecule has 8 nitrogen and oxygen atoms in total. The van der Waals surface area contributed by atoms with E-state index >= 15 is 0 Å². The number of benzene rings is 2. The molecule has 1 saturated heterocycles. The van der Waals surface area contributed by atoms with Crippen molar-refractivity contribution in [3.63, 3.8) is 0 Å². The second kappa shape index (κ2) is 9.33. The number of nitrogens with one attached hydrogen (secondary N) is 1. The van der Waals surface area contributed by atoms with Crippen LogP contribution in [0.5, 0.6) is 5.75 Å². The molecule has 1 amide bonds. The molecular weight excluding hydrogens is 484 g/mol. The zero-order chi connectivity index (χ0) is 24.7. The molecule has 1 aromatic heterocycles. The summed E-state index contributed by atoms with van der Waals surface area (Å²) in [4.78, 5) is 17.1. The van der Waals surface area contributed by atoms with Gasteiger partial charge in [-0.3, -0.25) is 14.1 Å². The summed E-state index contributed by atoms with van der Waals surface area (Å²) in [5.41, 5.74) is 9.52. The standard InChI is InChI=1S/C25H28N4O4S2/c1-15-12-17(35(31,32)16-6-9-29(34-2)10-7-16)13-19-23(15)27-14-20(25(26)30)24(19)28-21-4-3-5-22-18(21)8-11-33-22/h3-5,12-14,16H,6-11H2,1-2H3,(H2,26,30)(H,27,28). The largest absolute Gasteiger partial charge is 0.493 e. The number of aromatic nitrogens is 1. The lowest BCUT2D eigenvalue weighted by Crippen LogP contribution is -2.35. The van der Waals surface area contributed by atoms with Crippen LogP contribution in [0.1, 0.15) is 34.3 Å². The summed E-state index contributed by atoms with van der Waals surface area (Å²) in [7, 11) is -3.57. The maximum atomic E-state index is 13.6. The Bertz CT molecular complexity index is 1420. The van der Waals surface area contributed by atoms with Crippen molar-refractivity contribution in [2.75, 3.05) is 31.3 Å². The lowest BCUT2D eigenvalue weighted by atomic mass is 10.0. The van der Waals surface area contributed by atoms with E-state index in [9.17, 15) is 13.2 Å². The number of nitrogens with zero attached hydrogens (tertiary/aromatic N) is 2. The third kappa shape index (κ3) is 4.34.